The summed E-state index contributed by atoms with van der Waals surface area (Å²) in [7, 11) is 1.20. The van der Waals surface area contributed by atoms with Gasteiger partial charge in [0.15, 0.2) is 6.10 Å². The zero-order chi connectivity index (χ0) is 35.2. The molecule has 0 radical (unpaired) electrons. The van der Waals surface area contributed by atoms with Crippen molar-refractivity contribution < 1.29 is 51.3 Å². The van der Waals surface area contributed by atoms with E-state index in [0.717, 1.165) is 24.5 Å². The minimum absolute atomic E-state index is 0.0281. The Balaban J connectivity index is 1.79. The van der Waals surface area contributed by atoms with E-state index < -0.39 is 36.0 Å². The Hall–Kier alpha value is -5.09. The lowest BCUT2D eigenvalue weighted by molar-refractivity contribution is -0.167. The van der Waals surface area contributed by atoms with Crippen molar-refractivity contribution in [2.75, 3.05) is 25.6 Å². The number of alkyl halides is 3. The third kappa shape index (κ3) is 8.63. The number of ether oxygens (including phenoxy) is 4. The molecule has 1 unspecified atom stereocenters. The molecular weight excluding hydrogens is 657 g/mol. The molecule has 48 heavy (non-hydrogen) atoms. The average Bonchev–Trinajstić information content (AvgIpc) is 3.83. The van der Waals surface area contributed by atoms with E-state index in [-0.39, 0.29) is 52.1 Å². The van der Waals surface area contributed by atoms with Gasteiger partial charge in [0.1, 0.15) is 12.3 Å². The zero-order valence-electron chi connectivity index (χ0n) is 26.2. The molecule has 1 fully saturated rings. The van der Waals surface area contributed by atoms with Crippen LogP contribution in [0.1, 0.15) is 65.5 Å². The van der Waals surface area contributed by atoms with Gasteiger partial charge in [0.25, 0.3) is 0 Å². The third-order valence-electron chi connectivity index (χ3n) is 7.43. The lowest BCUT2D eigenvalue weighted by Gasteiger charge is -2.16. The summed E-state index contributed by atoms with van der Waals surface area (Å²) in [4.78, 5) is 52.3. The molecule has 10 nitrogen and oxygen atoms in total. The van der Waals surface area contributed by atoms with Crippen LogP contribution in [0.5, 0.6) is 0 Å². The van der Waals surface area contributed by atoms with Crippen LogP contribution in [0, 0.1) is 18.8 Å². The number of nitrogens with zero attached hydrogens (tertiary/aromatic N) is 1. The molecule has 0 spiro atoms. The second kappa shape index (κ2) is 14.8. The molecule has 0 saturated heterocycles. The normalized spacial score (nSPS) is 13.7. The summed E-state index contributed by atoms with van der Waals surface area (Å²) in [5, 5.41) is 1.66. The van der Waals surface area contributed by atoms with Gasteiger partial charge in [-0.05, 0) is 61.8 Å². The van der Waals surface area contributed by atoms with Crippen molar-refractivity contribution in [2.45, 2.75) is 51.3 Å². The van der Waals surface area contributed by atoms with Crippen molar-refractivity contribution in [2.24, 2.45) is 0 Å². The number of esters is 2. The smallest absolute Gasteiger partial charge is 0.465 e. The van der Waals surface area contributed by atoms with Gasteiger partial charge in [-0.3, -0.25) is 9.59 Å². The Morgan fingerprint density at radius 1 is 1.06 bits per heavy atom. The Labute approximate surface area is 278 Å². The molecule has 1 amide bonds. The van der Waals surface area contributed by atoms with E-state index in [9.17, 15) is 32.3 Å². The summed E-state index contributed by atoms with van der Waals surface area (Å²) < 4.78 is 60.0. The van der Waals surface area contributed by atoms with Crippen LogP contribution < -0.4 is 5.32 Å². The quantitative estimate of drug-likeness (QED) is 0.146. The maximum absolute atomic E-state index is 13.2. The highest BCUT2D eigenvalue weighted by molar-refractivity contribution is 6.33. The van der Waals surface area contributed by atoms with Crippen molar-refractivity contribution in [3.63, 3.8) is 0 Å². The van der Waals surface area contributed by atoms with E-state index in [1.807, 2.05) is 12.1 Å². The number of anilines is 1. The van der Waals surface area contributed by atoms with Crippen molar-refractivity contribution in [1.82, 2.24) is 4.98 Å². The van der Waals surface area contributed by atoms with E-state index in [0.29, 0.717) is 11.1 Å². The van der Waals surface area contributed by atoms with E-state index in [1.54, 1.807) is 37.4 Å². The summed E-state index contributed by atoms with van der Waals surface area (Å²) in [5.41, 5.74) is 1.36. The summed E-state index contributed by atoms with van der Waals surface area (Å²) in [5.74, 6) is 1.92. The molecule has 1 atom stereocenters. The van der Waals surface area contributed by atoms with Crippen molar-refractivity contribution in [3.8, 4) is 23.1 Å². The number of carbonyl (C=O) groups is 4. The summed E-state index contributed by atoms with van der Waals surface area (Å²) >= 11 is 6.47. The van der Waals surface area contributed by atoms with Crippen LogP contribution in [-0.4, -0.2) is 55.5 Å². The first-order valence-corrected chi connectivity index (χ1v) is 14.9. The average molecular weight is 687 g/mol. The summed E-state index contributed by atoms with van der Waals surface area (Å²) in [6, 6.07) is 12.6. The number of amides is 1. The Kier molecular flexibility index (Phi) is 11.0. The monoisotopic (exact) mass is 686 g/mol. The van der Waals surface area contributed by atoms with Gasteiger partial charge in [0.2, 0.25) is 0 Å². The molecule has 1 N–H and O–H groups in total. The number of methoxy groups -OCH3 is 1. The van der Waals surface area contributed by atoms with Crippen LogP contribution in [0.4, 0.5) is 23.7 Å². The van der Waals surface area contributed by atoms with E-state index >= 15 is 0 Å². The fourth-order valence-electron chi connectivity index (χ4n) is 4.66. The number of hydrogen-bond donors (Lipinski definition) is 1. The zero-order valence-corrected chi connectivity index (χ0v) is 27.0. The molecule has 0 aliphatic heterocycles. The van der Waals surface area contributed by atoms with E-state index in [1.165, 1.54) is 26.2 Å². The minimum Gasteiger partial charge on any atom is -0.465 e. The van der Waals surface area contributed by atoms with Gasteiger partial charge in [-0.1, -0.05) is 48.0 Å². The maximum atomic E-state index is 13.2. The molecule has 1 heterocycles. The fraction of sp³-hybridized carbons (Fsp3) is 0.324. The van der Waals surface area contributed by atoms with Crippen molar-refractivity contribution in [3.05, 3.63) is 81.5 Å². The summed E-state index contributed by atoms with van der Waals surface area (Å²) in [6.07, 6.45) is -6.09. The Bertz CT molecular complexity index is 1790. The van der Waals surface area contributed by atoms with Crippen LogP contribution in [0.2, 0.25) is 5.02 Å². The van der Waals surface area contributed by atoms with Crippen LogP contribution in [0.3, 0.4) is 0 Å². The molecule has 4 rings (SSSR count). The van der Waals surface area contributed by atoms with Crippen molar-refractivity contribution >= 4 is 41.3 Å². The number of pyridine rings is 1. The van der Waals surface area contributed by atoms with Crippen LogP contribution in [-0.2, 0) is 34.0 Å². The molecule has 2 aromatic carbocycles. The number of carbonyl (C=O) groups excluding carboxylic acids is 4. The highest BCUT2D eigenvalue weighted by Gasteiger charge is 2.45. The highest BCUT2D eigenvalue weighted by atomic mass is 35.5. The Morgan fingerprint density at radius 2 is 1.75 bits per heavy atom. The number of halogens is 4. The van der Waals surface area contributed by atoms with Gasteiger partial charge in [-0.15, -0.1) is 0 Å². The molecule has 3 aromatic rings. The van der Waals surface area contributed by atoms with E-state index in [4.69, 9.17) is 30.5 Å². The highest BCUT2D eigenvalue weighted by Crippen LogP contribution is 2.48. The number of aryl methyl sites for hydroxylation is 1. The molecule has 0 bridgehead atoms. The predicted octanol–water partition coefficient (Wildman–Crippen LogP) is 6.86. The number of hydrogen-bond acceptors (Lipinski definition) is 9. The van der Waals surface area contributed by atoms with Crippen LogP contribution >= 0.6 is 11.6 Å². The first kappa shape index (κ1) is 35.8. The number of aromatic nitrogens is 1. The van der Waals surface area contributed by atoms with Crippen LogP contribution in [0.25, 0.3) is 11.3 Å². The maximum Gasteiger partial charge on any atom is 0.509 e. The number of nitrogens with one attached hydrogen (secondary N) is 1. The van der Waals surface area contributed by atoms with Gasteiger partial charge in [-0.25, -0.2) is 14.6 Å². The largest absolute Gasteiger partial charge is 0.509 e. The first-order valence-electron chi connectivity index (χ1n) is 14.5. The molecule has 252 valence electrons. The molecule has 1 aromatic heterocycles. The van der Waals surface area contributed by atoms with Crippen molar-refractivity contribution in [1.29, 1.82) is 0 Å². The molecule has 1 saturated carbocycles. The van der Waals surface area contributed by atoms with Gasteiger partial charge < -0.3 is 24.3 Å². The van der Waals surface area contributed by atoms with Gasteiger partial charge >= 0.3 is 30.2 Å². The SMILES string of the molecule is CCOC(=O)OC(C#Cc1nc(-c2ccc(C3(COC(C)=O)CC3)cc2)c(Cl)cc1NC(=O)C(F)(F)F)c1ccc(C)c(C(=O)OC)c1. The minimum atomic E-state index is -5.24. The van der Waals surface area contributed by atoms with Gasteiger partial charge in [0, 0.05) is 23.5 Å². The standard InChI is InChI=1S/C34H30ClF3N2O8/c1-5-46-32(44)48-28(22-7-6-19(2)24(16-22)30(42)45-4)13-12-26-27(40-31(43)34(36,37)38)17-25(35)29(39-26)21-8-10-23(11-9-21)33(14-15-33)18-47-20(3)41/h6-11,16-17,28H,5,14-15,18H2,1-4H3,(H,40,43). The second-order valence-corrected chi connectivity index (χ2v) is 11.2. The lowest BCUT2D eigenvalue weighted by Crippen LogP contribution is -2.30. The molecular formula is C34H30ClF3N2O8. The second-order valence-electron chi connectivity index (χ2n) is 10.8. The van der Waals surface area contributed by atoms with Gasteiger partial charge in [-0.2, -0.15) is 13.2 Å². The Morgan fingerprint density at radius 3 is 2.33 bits per heavy atom. The lowest BCUT2D eigenvalue weighted by atomic mass is 9.95. The number of benzene rings is 2. The topological polar surface area (TPSA) is 130 Å². The molecule has 1 aliphatic rings. The molecule has 1 aliphatic carbocycles. The summed E-state index contributed by atoms with van der Waals surface area (Å²) in [6.45, 7) is 4.74. The van der Waals surface area contributed by atoms with Gasteiger partial charge in [0.05, 0.1) is 35.7 Å². The first-order chi connectivity index (χ1) is 22.7. The van der Waals surface area contributed by atoms with Crippen LogP contribution in [0.15, 0.2) is 48.5 Å². The van der Waals surface area contributed by atoms with E-state index in [2.05, 4.69) is 16.8 Å². The fourth-order valence-corrected chi connectivity index (χ4v) is 4.92. The molecule has 14 heteroatoms. The predicted molar refractivity (Wildman–Crippen MR) is 167 cm³/mol. The number of rotatable bonds is 9. The third-order valence-corrected chi connectivity index (χ3v) is 7.71.